The van der Waals surface area contributed by atoms with Crippen LogP contribution in [0.3, 0.4) is 0 Å². The third-order valence-corrected chi connectivity index (χ3v) is 2.47. The molecule has 2 aromatic rings. The van der Waals surface area contributed by atoms with Crippen molar-refractivity contribution in [2.75, 3.05) is 12.4 Å². The van der Waals surface area contributed by atoms with E-state index in [1.807, 2.05) is 40.0 Å². The van der Waals surface area contributed by atoms with E-state index in [2.05, 4.69) is 20.3 Å². The molecule has 0 unspecified atom stereocenters. The molecule has 0 spiro atoms. The standard InChI is InChI=1S/C14H18N4O/c1-9(2)19-12-5-11(7-16-8-12)13-6-14(15-4)18-10(3)17-13/h5-9H,1-4H3,(H,15,17,18). The van der Waals surface area contributed by atoms with Crippen molar-refractivity contribution in [3.63, 3.8) is 0 Å². The molecule has 0 saturated heterocycles. The van der Waals surface area contributed by atoms with Gasteiger partial charge in [-0.05, 0) is 26.8 Å². The summed E-state index contributed by atoms with van der Waals surface area (Å²) < 4.78 is 5.64. The Morgan fingerprint density at radius 3 is 2.63 bits per heavy atom. The molecule has 100 valence electrons. The molecular formula is C14H18N4O. The third-order valence-electron chi connectivity index (χ3n) is 2.47. The van der Waals surface area contributed by atoms with Crippen molar-refractivity contribution in [3.8, 4) is 17.0 Å². The van der Waals surface area contributed by atoms with Crippen molar-refractivity contribution >= 4 is 5.82 Å². The van der Waals surface area contributed by atoms with E-state index < -0.39 is 0 Å². The summed E-state index contributed by atoms with van der Waals surface area (Å²) >= 11 is 0. The first-order chi connectivity index (χ1) is 9.08. The van der Waals surface area contributed by atoms with Gasteiger partial charge in [0.25, 0.3) is 0 Å². The van der Waals surface area contributed by atoms with Crippen LogP contribution in [0, 0.1) is 6.92 Å². The molecular weight excluding hydrogens is 240 g/mol. The van der Waals surface area contributed by atoms with Gasteiger partial charge in [0.2, 0.25) is 0 Å². The van der Waals surface area contributed by atoms with Crippen LogP contribution in [0.2, 0.25) is 0 Å². The molecule has 1 N–H and O–H groups in total. The fourth-order valence-electron chi connectivity index (χ4n) is 1.74. The van der Waals surface area contributed by atoms with Crippen LogP contribution in [0.1, 0.15) is 19.7 Å². The van der Waals surface area contributed by atoms with E-state index in [0.717, 1.165) is 28.6 Å². The second-order valence-corrected chi connectivity index (χ2v) is 4.51. The minimum absolute atomic E-state index is 0.122. The number of hydrogen-bond acceptors (Lipinski definition) is 5. The Labute approximate surface area is 113 Å². The minimum atomic E-state index is 0.122. The van der Waals surface area contributed by atoms with Crippen molar-refractivity contribution in [2.45, 2.75) is 26.9 Å². The van der Waals surface area contributed by atoms with Gasteiger partial charge in [-0.15, -0.1) is 0 Å². The first kappa shape index (κ1) is 13.3. The second-order valence-electron chi connectivity index (χ2n) is 4.51. The molecule has 0 aromatic carbocycles. The largest absolute Gasteiger partial charge is 0.489 e. The molecule has 0 aliphatic rings. The predicted molar refractivity (Wildman–Crippen MR) is 75.3 cm³/mol. The Balaban J connectivity index is 2.38. The Morgan fingerprint density at radius 1 is 1.16 bits per heavy atom. The summed E-state index contributed by atoms with van der Waals surface area (Å²) in [4.78, 5) is 12.9. The number of rotatable bonds is 4. The molecule has 0 fully saturated rings. The van der Waals surface area contributed by atoms with Crippen LogP contribution in [-0.2, 0) is 0 Å². The van der Waals surface area contributed by atoms with Crippen LogP contribution in [0.15, 0.2) is 24.5 Å². The number of aromatic nitrogens is 3. The summed E-state index contributed by atoms with van der Waals surface area (Å²) in [6.07, 6.45) is 3.60. The van der Waals surface area contributed by atoms with Gasteiger partial charge < -0.3 is 10.1 Å². The lowest BCUT2D eigenvalue weighted by atomic mass is 10.2. The zero-order chi connectivity index (χ0) is 13.8. The number of nitrogens with zero attached hydrogens (tertiary/aromatic N) is 3. The summed E-state index contributed by atoms with van der Waals surface area (Å²) in [6, 6.07) is 3.83. The van der Waals surface area contributed by atoms with Gasteiger partial charge >= 0.3 is 0 Å². The molecule has 0 aliphatic carbocycles. The SMILES string of the molecule is CNc1cc(-c2cncc(OC(C)C)c2)nc(C)n1. The summed E-state index contributed by atoms with van der Waals surface area (Å²) in [7, 11) is 1.84. The monoisotopic (exact) mass is 258 g/mol. The van der Waals surface area contributed by atoms with Crippen molar-refractivity contribution in [1.29, 1.82) is 0 Å². The Kier molecular flexibility index (Phi) is 3.94. The van der Waals surface area contributed by atoms with E-state index in [9.17, 15) is 0 Å². The highest BCUT2D eigenvalue weighted by molar-refractivity contribution is 5.62. The molecule has 2 heterocycles. The number of ether oxygens (including phenoxy) is 1. The zero-order valence-electron chi connectivity index (χ0n) is 11.6. The van der Waals surface area contributed by atoms with E-state index in [1.54, 1.807) is 12.4 Å². The van der Waals surface area contributed by atoms with Gasteiger partial charge in [-0.1, -0.05) is 0 Å². The first-order valence-electron chi connectivity index (χ1n) is 6.24. The maximum atomic E-state index is 5.64. The minimum Gasteiger partial charge on any atom is -0.489 e. The van der Waals surface area contributed by atoms with Gasteiger partial charge in [-0.2, -0.15) is 0 Å². The third kappa shape index (κ3) is 3.40. The van der Waals surface area contributed by atoms with Crippen LogP contribution in [0.4, 0.5) is 5.82 Å². The van der Waals surface area contributed by atoms with Crippen LogP contribution in [0.25, 0.3) is 11.3 Å². The quantitative estimate of drug-likeness (QED) is 0.913. The molecule has 2 aromatic heterocycles. The fraction of sp³-hybridized carbons (Fsp3) is 0.357. The van der Waals surface area contributed by atoms with E-state index in [0.29, 0.717) is 0 Å². The molecule has 0 atom stereocenters. The summed E-state index contributed by atoms with van der Waals surface area (Å²) in [5.41, 5.74) is 1.75. The van der Waals surface area contributed by atoms with E-state index in [-0.39, 0.29) is 6.10 Å². The lowest BCUT2D eigenvalue weighted by molar-refractivity contribution is 0.241. The average Bonchev–Trinajstić information content (AvgIpc) is 2.37. The van der Waals surface area contributed by atoms with E-state index in [1.165, 1.54) is 0 Å². The normalized spacial score (nSPS) is 10.6. The van der Waals surface area contributed by atoms with Crippen molar-refractivity contribution in [3.05, 3.63) is 30.4 Å². The Hall–Kier alpha value is -2.17. The van der Waals surface area contributed by atoms with Crippen molar-refractivity contribution < 1.29 is 4.74 Å². The Bertz CT molecular complexity index is 569. The van der Waals surface area contributed by atoms with Gasteiger partial charge in [-0.3, -0.25) is 4.98 Å². The maximum Gasteiger partial charge on any atom is 0.138 e. The van der Waals surface area contributed by atoms with Crippen molar-refractivity contribution in [1.82, 2.24) is 15.0 Å². The first-order valence-corrected chi connectivity index (χ1v) is 6.24. The van der Waals surface area contributed by atoms with Crippen LogP contribution in [-0.4, -0.2) is 28.1 Å². The van der Waals surface area contributed by atoms with Gasteiger partial charge in [-0.25, -0.2) is 9.97 Å². The number of pyridine rings is 1. The van der Waals surface area contributed by atoms with E-state index in [4.69, 9.17) is 4.74 Å². The highest BCUT2D eigenvalue weighted by atomic mass is 16.5. The summed E-state index contributed by atoms with van der Waals surface area (Å²) in [6.45, 7) is 5.84. The summed E-state index contributed by atoms with van der Waals surface area (Å²) in [5.74, 6) is 2.25. The number of nitrogens with one attached hydrogen (secondary N) is 1. The Morgan fingerprint density at radius 2 is 1.95 bits per heavy atom. The smallest absolute Gasteiger partial charge is 0.138 e. The highest BCUT2D eigenvalue weighted by Crippen LogP contribution is 2.23. The van der Waals surface area contributed by atoms with Gasteiger partial charge in [0.15, 0.2) is 0 Å². The lowest BCUT2D eigenvalue weighted by Crippen LogP contribution is -2.06. The number of hydrogen-bond donors (Lipinski definition) is 1. The highest BCUT2D eigenvalue weighted by Gasteiger charge is 2.06. The molecule has 0 bridgehead atoms. The van der Waals surface area contributed by atoms with Crippen LogP contribution in [0.5, 0.6) is 5.75 Å². The van der Waals surface area contributed by atoms with Gasteiger partial charge in [0, 0.05) is 24.9 Å². The lowest BCUT2D eigenvalue weighted by Gasteiger charge is -2.10. The van der Waals surface area contributed by atoms with Gasteiger partial charge in [0.1, 0.15) is 17.4 Å². The van der Waals surface area contributed by atoms with Crippen LogP contribution < -0.4 is 10.1 Å². The average molecular weight is 258 g/mol. The number of aryl methyl sites for hydroxylation is 1. The number of anilines is 1. The molecule has 19 heavy (non-hydrogen) atoms. The van der Waals surface area contributed by atoms with E-state index >= 15 is 0 Å². The fourth-order valence-corrected chi connectivity index (χ4v) is 1.74. The summed E-state index contributed by atoms with van der Waals surface area (Å²) in [5, 5.41) is 3.02. The topological polar surface area (TPSA) is 59.9 Å². The molecule has 5 nitrogen and oxygen atoms in total. The molecule has 5 heteroatoms. The molecule has 0 saturated carbocycles. The van der Waals surface area contributed by atoms with Crippen LogP contribution >= 0.6 is 0 Å². The molecule has 0 radical (unpaired) electrons. The van der Waals surface area contributed by atoms with Crippen molar-refractivity contribution in [2.24, 2.45) is 0 Å². The molecule has 2 rings (SSSR count). The second kappa shape index (κ2) is 5.65. The molecule has 0 amide bonds. The zero-order valence-corrected chi connectivity index (χ0v) is 11.6. The molecule has 0 aliphatic heterocycles. The maximum absolute atomic E-state index is 5.64. The van der Waals surface area contributed by atoms with Gasteiger partial charge in [0.05, 0.1) is 18.0 Å². The predicted octanol–water partition coefficient (Wildman–Crippen LogP) is 2.68.